The fraction of sp³-hybridized carbons (Fsp3) is 0.500. The van der Waals surface area contributed by atoms with Gasteiger partial charge in [0.05, 0.1) is 11.0 Å². The molecule has 6 heteroatoms. The smallest absolute Gasteiger partial charge is 0.135 e. The number of aliphatic hydroxyl groups is 1. The van der Waals surface area contributed by atoms with Gasteiger partial charge in [-0.3, -0.25) is 4.90 Å². The van der Waals surface area contributed by atoms with Crippen LogP contribution in [0.2, 0.25) is 0 Å². The molecule has 2 aromatic rings. The van der Waals surface area contributed by atoms with E-state index in [2.05, 4.69) is 14.5 Å². The fourth-order valence-corrected chi connectivity index (χ4v) is 3.61. The summed E-state index contributed by atoms with van der Waals surface area (Å²) in [6.07, 6.45) is 0. The van der Waals surface area contributed by atoms with E-state index in [1.165, 1.54) is 11.5 Å². The predicted octanol–water partition coefficient (Wildman–Crippen LogP) is 1.16. The Morgan fingerprint density at radius 1 is 1.25 bits per heavy atom. The highest BCUT2D eigenvalue weighted by Crippen LogP contribution is 2.19. The second-order valence-corrected chi connectivity index (χ2v) is 6.26. The molecule has 5 nitrogen and oxygen atoms in total. The monoisotopic (exact) mass is 292 g/mol. The lowest BCUT2D eigenvalue weighted by Gasteiger charge is -2.26. The Bertz CT molecular complexity index is 592. The third kappa shape index (κ3) is 2.77. The molecule has 0 spiro atoms. The lowest BCUT2D eigenvalue weighted by atomic mass is 10.3. The highest BCUT2D eigenvalue weighted by atomic mass is 32.2. The topological polar surface area (TPSA) is 67.3 Å². The summed E-state index contributed by atoms with van der Waals surface area (Å²) in [4.78, 5) is 6.94. The van der Waals surface area contributed by atoms with E-state index in [-0.39, 0.29) is 6.61 Å². The quantitative estimate of drug-likeness (QED) is 0.828. The van der Waals surface area contributed by atoms with E-state index in [1.54, 1.807) is 0 Å². The Hall–Kier alpha value is -1.24. The summed E-state index contributed by atoms with van der Waals surface area (Å²) in [7, 11) is 0. The van der Waals surface area contributed by atoms with Gasteiger partial charge in [0.1, 0.15) is 12.4 Å². The van der Waals surface area contributed by atoms with E-state index in [0.29, 0.717) is 5.69 Å². The largest absolute Gasteiger partial charge is 0.399 e. The van der Waals surface area contributed by atoms with Crippen LogP contribution in [-0.2, 0) is 13.2 Å². The van der Waals surface area contributed by atoms with E-state index in [1.807, 2.05) is 30.0 Å². The summed E-state index contributed by atoms with van der Waals surface area (Å²) in [5, 5.41) is 9.49. The minimum atomic E-state index is -0.0373. The van der Waals surface area contributed by atoms with Crippen LogP contribution in [-0.4, -0.2) is 50.7 Å². The zero-order valence-electron chi connectivity index (χ0n) is 11.5. The number of benzene rings is 1. The fourth-order valence-electron chi connectivity index (χ4n) is 2.63. The number of nitrogens with zero attached hydrogens (tertiary/aromatic N) is 3. The van der Waals surface area contributed by atoms with Gasteiger partial charge in [-0.2, -0.15) is 11.8 Å². The van der Waals surface area contributed by atoms with Crippen molar-refractivity contribution in [1.82, 2.24) is 14.5 Å². The Balaban J connectivity index is 1.81. The number of fused-ring (bicyclic) bond motifs is 1. The molecule has 3 N–H and O–H groups in total. The van der Waals surface area contributed by atoms with Crippen molar-refractivity contribution >= 4 is 28.5 Å². The second kappa shape index (κ2) is 6.03. The molecule has 1 aliphatic rings. The number of imidazole rings is 1. The first-order valence-electron chi connectivity index (χ1n) is 6.93. The molecule has 0 unspecified atom stereocenters. The van der Waals surface area contributed by atoms with Crippen LogP contribution in [0, 0.1) is 0 Å². The number of hydrogen-bond donors (Lipinski definition) is 2. The van der Waals surface area contributed by atoms with Gasteiger partial charge in [0, 0.05) is 43.4 Å². The van der Waals surface area contributed by atoms with Crippen molar-refractivity contribution in [3.05, 3.63) is 24.0 Å². The van der Waals surface area contributed by atoms with E-state index in [0.717, 1.165) is 43.0 Å². The second-order valence-electron chi connectivity index (χ2n) is 5.04. The maximum atomic E-state index is 9.49. The van der Waals surface area contributed by atoms with Crippen LogP contribution < -0.4 is 5.73 Å². The van der Waals surface area contributed by atoms with Gasteiger partial charge in [0.2, 0.25) is 0 Å². The first-order valence-corrected chi connectivity index (χ1v) is 8.09. The molecule has 0 radical (unpaired) electrons. The Morgan fingerprint density at radius 3 is 2.80 bits per heavy atom. The Kier molecular flexibility index (Phi) is 4.14. The van der Waals surface area contributed by atoms with Crippen molar-refractivity contribution in [2.45, 2.75) is 13.2 Å². The normalized spacial score (nSPS) is 16.9. The van der Waals surface area contributed by atoms with Gasteiger partial charge in [0.15, 0.2) is 0 Å². The molecule has 1 saturated heterocycles. The van der Waals surface area contributed by atoms with Crippen molar-refractivity contribution in [1.29, 1.82) is 0 Å². The molecule has 0 saturated carbocycles. The lowest BCUT2D eigenvalue weighted by Crippen LogP contribution is -2.35. The number of hydrogen-bond acceptors (Lipinski definition) is 5. The number of thioether (sulfide) groups is 1. The number of nitrogen functional groups attached to an aromatic ring is 1. The van der Waals surface area contributed by atoms with Crippen LogP contribution in [0.25, 0.3) is 11.0 Å². The third-order valence-corrected chi connectivity index (χ3v) is 4.68. The molecule has 1 aromatic carbocycles. The van der Waals surface area contributed by atoms with Crippen LogP contribution in [0.4, 0.5) is 5.69 Å². The summed E-state index contributed by atoms with van der Waals surface area (Å²) >= 11 is 2.02. The van der Waals surface area contributed by atoms with E-state index < -0.39 is 0 Å². The lowest BCUT2D eigenvalue weighted by molar-refractivity contribution is 0.255. The molecule has 0 atom stereocenters. The maximum absolute atomic E-state index is 9.49. The average Bonchev–Trinajstić information content (AvgIpc) is 2.83. The summed E-state index contributed by atoms with van der Waals surface area (Å²) in [6.45, 7) is 4.13. The van der Waals surface area contributed by atoms with E-state index in [4.69, 9.17) is 5.73 Å². The molecule has 20 heavy (non-hydrogen) atoms. The third-order valence-electron chi connectivity index (χ3n) is 3.74. The number of rotatable bonds is 4. The standard InChI is InChI=1S/C14H20N4OS/c15-11-1-2-13-12(9-11)16-14(10-19)18(13)4-3-17-5-7-20-8-6-17/h1-2,9,19H,3-8,10,15H2. The first-order chi connectivity index (χ1) is 9.78. The number of nitrogens with two attached hydrogens (primary N) is 1. The SMILES string of the molecule is Nc1ccc2c(c1)nc(CO)n2CCN1CCSCC1. The average molecular weight is 292 g/mol. The van der Waals surface area contributed by atoms with Gasteiger partial charge in [0.25, 0.3) is 0 Å². The van der Waals surface area contributed by atoms with Crippen LogP contribution in [0.15, 0.2) is 18.2 Å². The van der Waals surface area contributed by atoms with Gasteiger partial charge < -0.3 is 15.4 Å². The van der Waals surface area contributed by atoms with Crippen molar-refractivity contribution in [3.8, 4) is 0 Å². The van der Waals surface area contributed by atoms with Gasteiger partial charge in [-0.1, -0.05) is 0 Å². The molecule has 0 aliphatic carbocycles. The van der Waals surface area contributed by atoms with Crippen molar-refractivity contribution < 1.29 is 5.11 Å². The molecular formula is C14H20N4OS. The number of aromatic nitrogens is 2. The van der Waals surface area contributed by atoms with Gasteiger partial charge in [-0.05, 0) is 18.2 Å². The van der Waals surface area contributed by atoms with Gasteiger partial charge in [-0.25, -0.2) is 4.98 Å². The molecule has 1 aromatic heterocycles. The van der Waals surface area contributed by atoms with Crippen molar-refractivity contribution in [3.63, 3.8) is 0 Å². The van der Waals surface area contributed by atoms with Crippen LogP contribution in [0.5, 0.6) is 0 Å². The van der Waals surface area contributed by atoms with Crippen LogP contribution in [0.3, 0.4) is 0 Å². The summed E-state index contributed by atoms with van der Waals surface area (Å²) in [5.74, 6) is 3.15. The zero-order chi connectivity index (χ0) is 13.9. The van der Waals surface area contributed by atoms with Crippen LogP contribution in [0.1, 0.15) is 5.82 Å². The maximum Gasteiger partial charge on any atom is 0.135 e. The molecular weight excluding hydrogens is 272 g/mol. The Morgan fingerprint density at radius 2 is 2.05 bits per heavy atom. The summed E-state index contributed by atoms with van der Waals surface area (Å²) < 4.78 is 2.11. The molecule has 108 valence electrons. The van der Waals surface area contributed by atoms with E-state index >= 15 is 0 Å². The Labute approximate surface area is 122 Å². The number of aliphatic hydroxyl groups excluding tert-OH is 1. The molecule has 3 rings (SSSR count). The van der Waals surface area contributed by atoms with Crippen molar-refractivity contribution in [2.24, 2.45) is 0 Å². The van der Waals surface area contributed by atoms with Gasteiger partial charge >= 0.3 is 0 Å². The molecule has 0 amide bonds. The van der Waals surface area contributed by atoms with E-state index in [9.17, 15) is 5.11 Å². The molecule has 1 aliphatic heterocycles. The summed E-state index contributed by atoms with van der Waals surface area (Å²) in [5.41, 5.74) is 8.42. The molecule has 1 fully saturated rings. The van der Waals surface area contributed by atoms with Crippen LogP contribution >= 0.6 is 11.8 Å². The minimum Gasteiger partial charge on any atom is -0.399 e. The molecule has 0 bridgehead atoms. The minimum absolute atomic E-state index is 0.0373. The van der Waals surface area contributed by atoms with Gasteiger partial charge in [-0.15, -0.1) is 0 Å². The predicted molar refractivity (Wildman–Crippen MR) is 83.8 cm³/mol. The highest BCUT2D eigenvalue weighted by molar-refractivity contribution is 7.99. The zero-order valence-corrected chi connectivity index (χ0v) is 12.3. The first kappa shape index (κ1) is 13.7. The molecule has 2 heterocycles. The number of anilines is 1. The highest BCUT2D eigenvalue weighted by Gasteiger charge is 2.13. The van der Waals surface area contributed by atoms with Crippen molar-refractivity contribution in [2.75, 3.05) is 36.9 Å². The summed E-state index contributed by atoms with van der Waals surface area (Å²) in [6, 6.07) is 5.74.